The molecule has 0 amide bonds. The van der Waals surface area contributed by atoms with Gasteiger partial charge in [-0.15, -0.1) is 0 Å². The average Bonchev–Trinajstić information content (AvgIpc) is 2.17. The minimum absolute atomic E-state index is 0.439. The number of allylic oxidation sites excluding steroid dienone is 2. The van der Waals surface area contributed by atoms with Crippen LogP contribution >= 0.6 is 0 Å². The van der Waals surface area contributed by atoms with Gasteiger partial charge in [0.2, 0.25) is 0 Å². The molecule has 2 nitrogen and oxygen atoms in total. The Labute approximate surface area is 79.9 Å². The summed E-state index contributed by atoms with van der Waals surface area (Å²) < 4.78 is 0. The topological polar surface area (TPSA) is 23.5 Å². The molecule has 0 aromatic heterocycles. The number of aliphatic hydroxyl groups is 1. The molecular formula is C11H17NO. The van der Waals surface area contributed by atoms with E-state index in [2.05, 4.69) is 18.7 Å². The van der Waals surface area contributed by atoms with Crippen LogP contribution in [0, 0.1) is 0 Å². The van der Waals surface area contributed by atoms with Crippen LogP contribution in [-0.2, 0) is 0 Å². The lowest BCUT2D eigenvalue weighted by Crippen LogP contribution is -2.19. The maximum atomic E-state index is 9.58. The van der Waals surface area contributed by atoms with Crippen molar-refractivity contribution in [3.63, 3.8) is 0 Å². The zero-order valence-corrected chi connectivity index (χ0v) is 8.27. The van der Waals surface area contributed by atoms with E-state index in [9.17, 15) is 5.11 Å². The van der Waals surface area contributed by atoms with Crippen LogP contribution in [0.3, 0.4) is 0 Å². The zero-order chi connectivity index (χ0) is 9.68. The molecule has 0 heterocycles. The van der Waals surface area contributed by atoms with E-state index in [1.807, 2.05) is 24.4 Å². The van der Waals surface area contributed by atoms with Crippen molar-refractivity contribution in [2.45, 2.75) is 20.0 Å². The van der Waals surface area contributed by atoms with Crippen molar-refractivity contribution in [1.29, 1.82) is 0 Å². The lowest BCUT2D eigenvalue weighted by molar-refractivity contribution is 0.258. The van der Waals surface area contributed by atoms with Gasteiger partial charge in [-0.3, -0.25) is 0 Å². The smallest absolute Gasteiger partial charge is 0.0988 e. The number of aliphatic hydroxyl groups excluding tert-OH is 1. The van der Waals surface area contributed by atoms with Crippen molar-refractivity contribution in [2.75, 3.05) is 13.1 Å². The van der Waals surface area contributed by atoms with Crippen molar-refractivity contribution in [3.8, 4) is 0 Å². The van der Waals surface area contributed by atoms with Crippen molar-refractivity contribution >= 4 is 0 Å². The molecule has 72 valence electrons. The molecule has 1 N–H and O–H groups in total. The Morgan fingerprint density at radius 3 is 2.62 bits per heavy atom. The summed E-state index contributed by atoms with van der Waals surface area (Å²) in [6, 6.07) is 0. The molecule has 1 aliphatic carbocycles. The first-order valence-electron chi connectivity index (χ1n) is 4.76. The van der Waals surface area contributed by atoms with Crippen LogP contribution in [0.2, 0.25) is 0 Å². The minimum atomic E-state index is -0.439. The number of nitrogens with zero attached hydrogens (tertiary/aromatic N) is 1. The second-order valence-electron chi connectivity index (χ2n) is 3.04. The Morgan fingerprint density at radius 1 is 1.38 bits per heavy atom. The van der Waals surface area contributed by atoms with Crippen molar-refractivity contribution in [1.82, 2.24) is 4.90 Å². The molecule has 0 aromatic carbocycles. The van der Waals surface area contributed by atoms with E-state index in [1.165, 1.54) is 0 Å². The van der Waals surface area contributed by atoms with Crippen molar-refractivity contribution < 1.29 is 5.11 Å². The Hall–Kier alpha value is -1.02. The van der Waals surface area contributed by atoms with Gasteiger partial charge in [0, 0.05) is 24.9 Å². The summed E-state index contributed by atoms with van der Waals surface area (Å²) in [7, 11) is 0. The van der Waals surface area contributed by atoms with Gasteiger partial charge < -0.3 is 10.0 Å². The molecule has 1 rings (SSSR count). The van der Waals surface area contributed by atoms with E-state index >= 15 is 0 Å². The maximum absolute atomic E-state index is 9.58. The van der Waals surface area contributed by atoms with E-state index in [0.29, 0.717) is 0 Å². The third-order valence-electron chi connectivity index (χ3n) is 2.18. The van der Waals surface area contributed by atoms with Gasteiger partial charge in [0.25, 0.3) is 0 Å². The summed E-state index contributed by atoms with van der Waals surface area (Å²) in [4.78, 5) is 2.17. The summed E-state index contributed by atoms with van der Waals surface area (Å²) in [5.74, 6) is 0. The standard InChI is InChI=1S/C11H17NO/c1-3-12(4-2)9-10-7-5-6-8-11(10)13/h5-9,11,13H,3-4H2,1-2H3. The largest absolute Gasteiger partial charge is 0.384 e. The first-order valence-corrected chi connectivity index (χ1v) is 4.76. The van der Waals surface area contributed by atoms with Gasteiger partial charge in [0.1, 0.15) is 0 Å². The fraction of sp³-hybridized carbons (Fsp3) is 0.455. The molecule has 13 heavy (non-hydrogen) atoms. The highest BCUT2D eigenvalue weighted by Crippen LogP contribution is 2.12. The summed E-state index contributed by atoms with van der Waals surface area (Å²) in [6.45, 7) is 6.17. The van der Waals surface area contributed by atoms with Crippen molar-refractivity contribution in [3.05, 3.63) is 36.1 Å². The molecule has 0 aromatic rings. The number of hydrogen-bond donors (Lipinski definition) is 1. The zero-order valence-electron chi connectivity index (χ0n) is 8.27. The van der Waals surface area contributed by atoms with Gasteiger partial charge in [0.15, 0.2) is 0 Å². The first kappa shape index (κ1) is 10.1. The van der Waals surface area contributed by atoms with Gasteiger partial charge in [0.05, 0.1) is 6.10 Å². The second kappa shape index (κ2) is 4.87. The highest BCUT2D eigenvalue weighted by atomic mass is 16.3. The molecule has 0 bridgehead atoms. The monoisotopic (exact) mass is 179 g/mol. The van der Waals surface area contributed by atoms with Crippen LogP contribution in [0.1, 0.15) is 13.8 Å². The first-order chi connectivity index (χ1) is 6.27. The molecule has 0 radical (unpaired) electrons. The summed E-state index contributed by atoms with van der Waals surface area (Å²) >= 11 is 0. The fourth-order valence-electron chi connectivity index (χ4n) is 1.28. The molecule has 1 aliphatic rings. The Bertz CT molecular complexity index is 236. The van der Waals surface area contributed by atoms with E-state index in [-0.39, 0.29) is 0 Å². The summed E-state index contributed by atoms with van der Waals surface area (Å²) in [5.41, 5.74) is 0.964. The molecular weight excluding hydrogens is 162 g/mol. The van der Waals surface area contributed by atoms with Gasteiger partial charge in [-0.25, -0.2) is 0 Å². The molecule has 0 spiro atoms. The highest BCUT2D eigenvalue weighted by Gasteiger charge is 2.07. The van der Waals surface area contributed by atoms with Gasteiger partial charge >= 0.3 is 0 Å². The molecule has 0 saturated heterocycles. The predicted octanol–water partition coefficient (Wildman–Crippen LogP) is 1.70. The second-order valence-corrected chi connectivity index (χ2v) is 3.04. The van der Waals surface area contributed by atoms with Crippen LogP contribution in [-0.4, -0.2) is 29.2 Å². The minimum Gasteiger partial charge on any atom is -0.384 e. The average molecular weight is 179 g/mol. The fourth-order valence-corrected chi connectivity index (χ4v) is 1.28. The third-order valence-corrected chi connectivity index (χ3v) is 2.18. The van der Waals surface area contributed by atoms with E-state index in [0.717, 1.165) is 18.7 Å². The van der Waals surface area contributed by atoms with Crippen LogP contribution < -0.4 is 0 Å². The van der Waals surface area contributed by atoms with E-state index in [1.54, 1.807) is 6.08 Å². The third kappa shape index (κ3) is 2.74. The SMILES string of the molecule is CCN(C=C1C=CC=CC1O)CC. The van der Waals surface area contributed by atoms with Crippen molar-refractivity contribution in [2.24, 2.45) is 0 Å². The van der Waals surface area contributed by atoms with Gasteiger partial charge in [-0.1, -0.05) is 24.3 Å². The van der Waals surface area contributed by atoms with E-state index < -0.39 is 6.10 Å². The highest BCUT2D eigenvalue weighted by molar-refractivity contribution is 5.33. The van der Waals surface area contributed by atoms with Crippen LogP contribution in [0.4, 0.5) is 0 Å². The molecule has 1 unspecified atom stereocenters. The molecule has 0 saturated carbocycles. The summed E-state index contributed by atoms with van der Waals surface area (Å²) in [6.07, 6.45) is 9.13. The Balaban J connectivity index is 2.69. The Kier molecular flexibility index (Phi) is 3.77. The van der Waals surface area contributed by atoms with Crippen LogP contribution in [0.5, 0.6) is 0 Å². The van der Waals surface area contributed by atoms with Crippen LogP contribution in [0.15, 0.2) is 36.1 Å². The van der Waals surface area contributed by atoms with E-state index in [4.69, 9.17) is 0 Å². The predicted molar refractivity (Wildman–Crippen MR) is 55.3 cm³/mol. The molecule has 1 atom stereocenters. The lowest BCUT2D eigenvalue weighted by Gasteiger charge is -2.19. The number of rotatable bonds is 3. The maximum Gasteiger partial charge on any atom is 0.0988 e. The molecule has 2 heteroatoms. The normalized spacial score (nSPS) is 23.9. The van der Waals surface area contributed by atoms with Gasteiger partial charge in [-0.2, -0.15) is 0 Å². The quantitative estimate of drug-likeness (QED) is 0.712. The van der Waals surface area contributed by atoms with Gasteiger partial charge in [-0.05, 0) is 13.8 Å². The Morgan fingerprint density at radius 2 is 2.08 bits per heavy atom. The summed E-state index contributed by atoms with van der Waals surface area (Å²) in [5, 5.41) is 9.58. The number of hydrogen-bond acceptors (Lipinski definition) is 2. The molecule has 0 aliphatic heterocycles. The lowest BCUT2D eigenvalue weighted by atomic mass is 10.1. The van der Waals surface area contributed by atoms with Crippen LogP contribution in [0.25, 0.3) is 0 Å². The molecule has 0 fully saturated rings.